The molecule has 1 unspecified atom stereocenters. The van der Waals surface area contributed by atoms with Crippen LogP contribution in [0.25, 0.3) is 0 Å². The Morgan fingerprint density at radius 2 is 1.71 bits per heavy atom. The lowest BCUT2D eigenvalue weighted by molar-refractivity contribution is 0.123. The van der Waals surface area contributed by atoms with Crippen LogP contribution < -0.4 is 5.73 Å². The fourth-order valence-corrected chi connectivity index (χ4v) is 3.27. The molecule has 1 atom stereocenters. The Balaban J connectivity index is 2.28. The SMILES string of the molecule is CN(C)C1(C(N)c2ccc(Br)cc2)CCCC1. The van der Waals surface area contributed by atoms with E-state index in [9.17, 15) is 0 Å². The Morgan fingerprint density at radius 1 is 1.18 bits per heavy atom. The van der Waals surface area contributed by atoms with E-state index in [4.69, 9.17) is 5.73 Å². The first kappa shape index (κ1) is 13.1. The number of nitrogens with zero attached hydrogens (tertiary/aromatic N) is 1. The quantitative estimate of drug-likeness (QED) is 0.927. The van der Waals surface area contributed by atoms with E-state index in [0.29, 0.717) is 0 Å². The Morgan fingerprint density at radius 3 is 2.18 bits per heavy atom. The lowest BCUT2D eigenvalue weighted by Crippen LogP contribution is -2.50. The molecule has 1 saturated carbocycles. The summed E-state index contributed by atoms with van der Waals surface area (Å²) in [6.45, 7) is 0. The van der Waals surface area contributed by atoms with E-state index >= 15 is 0 Å². The molecule has 1 aliphatic carbocycles. The minimum absolute atomic E-state index is 0.105. The van der Waals surface area contributed by atoms with Gasteiger partial charge in [0.15, 0.2) is 0 Å². The van der Waals surface area contributed by atoms with Gasteiger partial charge in [-0.1, -0.05) is 40.9 Å². The maximum Gasteiger partial charge on any atom is 0.0481 e. The molecule has 2 nitrogen and oxygen atoms in total. The van der Waals surface area contributed by atoms with Crippen molar-refractivity contribution in [1.29, 1.82) is 0 Å². The largest absolute Gasteiger partial charge is 0.322 e. The first-order valence-electron chi connectivity index (χ1n) is 6.25. The monoisotopic (exact) mass is 296 g/mol. The van der Waals surface area contributed by atoms with Crippen LogP contribution in [0, 0.1) is 0 Å². The Hall–Kier alpha value is -0.380. The molecule has 94 valence electrons. The molecule has 1 aliphatic rings. The van der Waals surface area contributed by atoms with Crippen molar-refractivity contribution in [2.45, 2.75) is 37.3 Å². The first-order chi connectivity index (χ1) is 8.06. The Kier molecular flexibility index (Phi) is 3.91. The predicted octanol–water partition coefficient (Wildman–Crippen LogP) is 3.32. The number of benzene rings is 1. The van der Waals surface area contributed by atoms with Crippen LogP contribution in [0.3, 0.4) is 0 Å². The highest BCUT2D eigenvalue weighted by molar-refractivity contribution is 9.10. The highest BCUT2D eigenvalue weighted by atomic mass is 79.9. The number of halogens is 1. The van der Waals surface area contributed by atoms with Crippen molar-refractivity contribution in [3.8, 4) is 0 Å². The van der Waals surface area contributed by atoms with E-state index in [1.807, 2.05) is 0 Å². The van der Waals surface area contributed by atoms with Crippen LogP contribution in [0.5, 0.6) is 0 Å². The van der Waals surface area contributed by atoms with E-state index in [1.165, 1.54) is 31.2 Å². The molecule has 0 bridgehead atoms. The van der Waals surface area contributed by atoms with E-state index < -0.39 is 0 Å². The van der Waals surface area contributed by atoms with Gasteiger partial charge < -0.3 is 10.6 Å². The average molecular weight is 297 g/mol. The van der Waals surface area contributed by atoms with Crippen LogP contribution in [-0.2, 0) is 0 Å². The minimum Gasteiger partial charge on any atom is -0.322 e. The van der Waals surface area contributed by atoms with E-state index in [0.717, 1.165) is 4.47 Å². The normalized spacial score (nSPS) is 20.8. The first-order valence-corrected chi connectivity index (χ1v) is 7.04. The van der Waals surface area contributed by atoms with Crippen molar-refractivity contribution < 1.29 is 0 Å². The summed E-state index contributed by atoms with van der Waals surface area (Å²) in [7, 11) is 4.31. The molecule has 0 heterocycles. The molecule has 2 N–H and O–H groups in total. The van der Waals surface area contributed by atoms with Crippen LogP contribution in [0.4, 0.5) is 0 Å². The van der Waals surface area contributed by atoms with E-state index in [-0.39, 0.29) is 11.6 Å². The highest BCUT2D eigenvalue weighted by Gasteiger charge is 2.41. The molecular weight excluding hydrogens is 276 g/mol. The number of hydrogen-bond acceptors (Lipinski definition) is 2. The molecule has 1 fully saturated rings. The molecule has 17 heavy (non-hydrogen) atoms. The summed E-state index contributed by atoms with van der Waals surface area (Å²) in [5.41, 5.74) is 7.92. The third-order valence-electron chi connectivity index (χ3n) is 4.17. The summed E-state index contributed by atoms with van der Waals surface area (Å²) < 4.78 is 1.11. The summed E-state index contributed by atoms with van der Waals surface area (Å²) in [5, 5.41) is 0. The summed E-state index contributed by atoms with van der Waals surface area (Å²) in [6, 6.07) is 8.53. The van der Waals surface area contributed by atoms with Gasteiger partial charge in [0.2, 0.25) is 0 Å². The second-order valence-corrected chi connectivity index (χ2v) is 6.15. The molecular formula is C14H21BrN2. The van der Waals surface area contributed by atoms with Gasteiger partial charge in [-0.25, -0.2) is 0 Å². The van der Waals surface area contributed by atoms with Crippen LogP contribution in [0.2, 0.25) is 0 Å². The zero-order valence-electron chi connectivity index (χ0n) is 10.6. The van der Waals surface area contributed by atoms with Gasteiger partial charge in [0, 0.05) is 16.1 Å². The highest BCUT2D eigenvalue weighted by Crippen LogP contribution is 2.42. The molecule has 1 aromatic rings. The summed E-state index contributed by atoms with van der Waals surface area (Å²) in [5.74, 6) is 0. The molecule has 1 aromatic carbocycles. The molecule has 3 heteroatoms. The van der Waals surface area contributed by atoms with Crippen molar-refractivity contribution in [3.63, 3.8) is 0 Å². The van der Waals surface area contributed by atoms with Crippen molar-refractivity contribution in [1.82, 2.24) is 4.90 Å². The van der Waals surface area contributed by atoms with Crippen LogP contribution >= 0.6 is 15.9 Å². The fraction of sp³-hybridized carbons (Fsp3) is 0.571. The summed E-state index contributed by atoms with van der Waals surface area (Å²) in [6.07, 6.45) is 5.00. The zero-order valence-corrected chi connectivity index (χ0v) is 12.2. The van der Waals surface area contributed by atoms with Gasteiger partial charge in [-0.05, 0) is 44.6 Å². The summed E-state index contributed by atoms with van der Waals surface area (Å²) >= 11 is 3.47. The maximum atomic E-state index is 6.53. The Bertz CT molecular complexity index is 366. The van der Waals surface area contributed by atoms with Gasteiger partial charge in [-0.15, -0.1) is 0 Å². The molecule has 0 amide bonds. The lowest BCUT2D eigenvalue weighted by Gasteiger charge is -2.41. The van der Waals surface area contributed by atoms with Gasteiger partial charge >= 0.3 is 0 Å². The molecule has 0 aromatic heterocycles. The number of likely N-dealkylation sites (N-methyl/N-ethyl adjacent to an activating group) is 1. The van der Waals surface area contributed by atoms with Gasteiger partial charge in [0.25, 0.3) is 0 Å². The van der Waals surface area contributed by atoms with Crippen molar-refractivity contribution >= 4 is 15.9 Å². The molecule has 0 spiro atoms. The average Bonchev–Trinajstić information content (AvgIpc) is 2.79. The molecule has 2 rings (SSSR count). The fourth-order valence-electron chi connectivity index (χ4n) is 3.00. The van der Waals surface area contributed by atoms with Crippen LogP contribution in [-0.4, -0.2) is 24.5 Å². The smallest absolute Gasteiger partial charge is 0.0481 e. The zero-order chi connectivity index (χ0) is 12.5. The summed E-state index contributed by atoms with van der Waals surface area (Å²) in [4.78, 5) is 2.33. The van der Waals surface area contributed by atoms with Gasteiger partial charge in [0.05, 0.1) is 0 Å². The second-order valence-electron chi connectivity index (χ2n) is 5.23. The van der Waals surface area contributed by atoms with Crippen LogP contribution in [0.1, 0.15) is 37.3 Å². The third kappa shape index (κ3) is 2.42. The van der Waals surface area contributed by atoms with Crippen molar-refractivity contribution in [2.75, 3.05) is 14.1 Å². The lowest BCUT2D eigenvalue weighted by atomic mass is 9.83. The van der Waals surface area contributed by atoms with Gasteiger partial charge in [0.1, 0.15) is 0 Å². The van der Waals surface area contributed by atoms with Gasteiger partial charge in [-0.2, -0.15) is 0 Å². The van der Waals surface area contributed by atoms with Crippen molar-refractivity contribution in [3.05, 3.63) is 34.3 Å². The van der Waals surface area contributed by atoms with Gasteiger partial charge in [-0.3, -0.25) is 0 Å². The topological polar surface area (TPSA) is 29.3 Å². The second kappa shape index (κ2) is 5.09. The maximum absolute atomic E-state index is 6.53. The number of hydrogen-bond donors (Lipinski definition) is 1. The molecule has 0 aliphatic heterocycles. The van der Waals surface area contributed by atoms with Crippen molar-refractivity contribution in [2.24, 2.45) is 5.73 Å². The van der Waals surface area contributed by atoms with Crippen LogP contribution in [0.15, 0.2) is 28.7 Å². The molecule has 0 radical (unpaired) electrons. The van der Waals surface area contributed by atoms with E-state index in [1.54, 1.807) is 0 Å². The predicted molar refractivity (Wildman–Crippen MR) is 76.0 cm³/mol. The van der Waals surface area contributed by atoms with E-state index in [2.05, 4.69) is 59.2 Å². The number of rotatable bonds is 3. The standard InChI is InChI=1S/C14H21BrN2/c1-17(2)14(9-3-4-10-14)13(16)11-5-7-12(15)8-6-11/h5-8,13H,3-4,9-10,16H2,1-2H3. The number of nitrogens with two attached hydrogens (primary N) is 1. The third-order valence-corrected chi connectivity index (χ3v) is 4.70. The minimum atomic E-state index is 0.105. The Labute approximate surface area is 112 Å². The molecule has 0 saturated heterocycles.